The number of hydrogen-bond acceptors (Lipinski definition) is 4. The molecule has 3 aromatic rings. The van der Waals surface area contributed by atoms with Crippen LogP contribution in [-0.2, 0) is 4.79 Å². The van der Waals surface area contributed by atoms with Crippen molar-refractivity contribution in [1.29, 1.82) is 0 Å². The Morgan fingerprint density at radius 1 is 1.10 bits per heavy atom. The third-order valence-corrected chi connectivity index (χ3v) is 5.32. The molecular weight excluding hydrogens is 378 g/mol. The van der Waals surface area contributed by atoms with E-state index in [1.807, 2.05) is 30.3 Å². The molecule has 6 nitrogen and oxygen atoms in total. The van der Waals surface area contributed by atoms with Gasteiger partial charge >= 0.3 is 0 Å². The van der Waals surface area contributed by atoms with Crippen LogP contribution < -0.4 is 15.4 Å². The Kier molecular flexibility index (Phi) is 5.93. The van der Waals surface area contributed by atoms with Crippen LogP contribution in [0.15, 0.2) is 60.8 Å². The van der Waals surface area contributed by atoms with Crippen LogP contribution in [0, 0.1) is 11.8 Å². The molecule has 154 valence electrons. The third kappa shape index (κ3) is 4.76. The van der Waals surface area contributed by atoms with E-state index in [0.717, 1.165) is 23.1 Å². The monoisotopic (exact) mass is 403 g/mol. The summed E-state index contributed by atoms with van der Waals surface area (Å²) in [7, 11) is 0. The minimum atomic E-state index is -0.143. The van der Waals surface area contributed by atoms with E-state index < -0.39 is 0 Å². The summed E-state index contributed by atoms with van der Waals surface area (Å²) in [6.45, 7) is 3.07. The molecule has 2 N–H and O–H groups in total. The largest absolute Gasteiger partial charge is 0.491 e. The number of ether oxygens (including phenoxy) is 1. The third-order valence-electron chi connectivity index (χ3n) is 5.32. The fourth-order valence-corrected chi connectivity index (χ4v) is 3.38. The van der Waals surface area contributed by atoms with Gasteiger partial charge < -0.3 is 15.4 Å². The zero-order chi connectivity index (χ0) is 20.9. The van der Waals surface area contributed by atoms with Crippen LogP contribution in [0.4, 0.5) is 5.69 Å². The number of carbonyl (C=O) groups is 2. The van der Waals surface area contributed by atoms with Crippen molar-refractivity contribution in [2.45, 2.75) is 19.8 Å². The summed E-state index contributed by atoms with van der Waals surface area (Å²) in [5, 5.41) is 6.83. The van der Waals surface area contributed by atoms with Crippen molar-refractivity contribution in [2.24, 2.45) is 11.8 Å². The first-order valence-corrected chi connectivity index (χ1v) is 10.3. The summed E-state index contributed by atoms with van der Waals surface area (Å²) >= 11 is 0. The zero-order valence-electron chi connectivity index (χ0n) is 16.9. The number of hydrogen-bond donors (Lipinski definition) is 2. The Labute approximate surface area is 175 Å². The summed E-state index contributed by atoms with van der Waals surface area (Å²) in [5.41, 5.74) is 2.12. The molecule has 2 atom stereocenters. The van der Waals surface area contributed by atoms with Crippen LogP contribution in [0.25, 0.3) is 10.9 Å². The number of rotatable bonds is 8. The lowest BCUT2D eigenvalue weighted by Crippen LogP contribution is -2.25. The summed E-state index contributed by atoms with van der Waals surface area (Å²) < 4.78 is 5.84. The number of benzene rings is 2. The molecule has 1 fully saturated rings. The van der Waals surface area contributed by atoms with E-state index in [0.29, 0.717) is 36.7 Å². The molecule has 1 saturated carbocycles. The van der Waals surface area contributed by atoms with Gasteiger partial charge in [-0.1, -0.05) is 25.1 Å². The van der Waals surface area contributed by atoms with Crippen LogP contribution in [0.2, 0.25) is 0 Å². The van der Waals surface area contributed by atoms with Gasteiger partial charge in [0.25, 0.3) is 5.91 Å². The summed E-state index contributed by atoms with van der Waals surface area (Å²) in [6.07, 6.45) is 3.38. The molecule has 2 unspecified atom stereocenters. The molecule has 4 rings (SSSR count). The SMILES string of the molecule is CC1CC1C(=O)Nc1ccc(C(=O)NCCCOc2cccc3cccnc23)cc1. The first-order chi connectivity index (χ1) is 14.6. The smallest absolute Gasteiger partial charge is 0.251 e. The molecule has 0 bridgehead atoms. The number of nitrogens with zero attached hydrogens (tertiary/aromatic N) is 1. The Morgan fingerprint density at radius 3 is 2.63 bits per heavy atom. The van der Waals surface area contributed by atoms with Gasteiger partial charge in [-0.3, -0.25) is 14.6 Å². The number of pyridine rings is 1. The summed E-state index contributed by atoms with van der Waals surface area (Å²) in [4.78, 5) is 28.6. The molecule has 0 spiro atoms. The predicted molar refractivity (Wildman–Crippen MR) is 117 cm³/mol. The average Bonchev–Trinajstić information content (AvgIpc) is 3.51. The Balaban J connectivity index is 1.20. The van der Waals surface area contributed by atoms with Crippen LogP contribution in [0.3, 0.4) is 0 Å². The number of para-hydroxylation sites is 1. The van der Waals surface area contributed by atoms with Crippen LogP contribution >= 0.6 is 0 Å². The van der Waals surface area contributed by atoms with Crippen molar-refractivity contribution >= 4 is 28.4 Å². The standard InChI is InChI=1S/C24H25N3O3/c1-16-15-20(16)24(29)27-19-10-8-18(9-11-19)23(28)26-13-4-14-30-21-7-2-5-17-6-3-12-25-22(17)21/h2-3,5-12,16,20H,4,13-15H2,1H3,(H,26,28)(H,27,29). The quantitative estimate of drug-likeness (QED) is 0.557. The first-order valence-electron chi connectivity index (χ1n) is 10.3. The second-order valence-electron chi connectivity index (χ2n) is 7.68. The second-order valence-corrected chi connectivity index (χ2v) is 7.68. The fraction of sp³-hybridized carbons (Fsp3) is 0.292. The van der Waals surface area contributed by atoms with Crippen LogP contribution in [-0.4, -0.2) is 29.9 Å². The van der Waals surface area contributed by atoms with Crippen molar-refractivity contribution < 1.29 is 14.3 Å². The fourth-order valence-electron chi connectivity index (χ4n) is 3.38. The van der Waals surface area contributed by atoms with Gasteiger partial charge in [-0.25, -0.2) is 0 Å². The maximum Gasteiger partial charge on any atom is 0.251 e. The van der Waals surface area contributed by atoms with E-state index in [1.165, 1.54) is 0 Å². The minimum Gasteiger partial charge on any atom is -0.491 e. The Hall–Kier alpha value is -3.41. The van der Waals surface area contributed by atoms with Gasteiger partial charge in [-0.2, -0.15) is 0 Å². The van der Waals surface area contributed by atoms with E-state index in [9.17, 15) is 9.59 Å². The van der Waals surface area contributed by atoms with Gasteiger partial charge in [-0.15, -0.1) is 0 Å². The molecule has 0 aliphatic heterocycles. The highest BCUT2D eigenvalue weighted by Crippen LogP contribution is 2.38. The van der Waals surface area contributed by atoms with E-state index in [-0.39, 0.29) is 17.7 Å². The number of fused-ring (bicyclic) bond motifs is 1. The Bertz CT molecular complexity index is 1040. The highest BCUT2D eigenvalue weighted by atomic mass is 16.5. The number of aromatic nitrogens is 1. The lowest BCUT2D eigenvalue weighted by molar-refractivity contribution is -0.117. The van der Waals surface area contributed by atoms with Crippen LogP contribution in [0.5, 0.6) is 5.75 Å². The lowest BCUT2D eigenvalue weighted by Gasteiger charge is -2.10. The number of anilines is 1. The normalized spacial score (nSPS) is 17.4. The van der Waals surface area contributed by atoms with E-state index in [4.69, 9.17) is 4.74 Å². The summed E-state index contributed by atoms with van der Waals surface area (Å²) in [5.74, 6) is 1.25. The highest BCUT2D eigenvalue weighted by molar-refractivity contribution is 5.97. The number of nitrogens with one attached hydrogen (secondary N) is 2. The van der Waals surface area contributed by atoms with Crippen molar-refractivity contribution in [1.82, 2.24) is 10.3 Å². The molecule has 6 heteroatoms. The minimum absolute atomic E-state index is 0.0566. The molecule has 1 heterocycles. The second kappa shape index (κ2) is 8.95. The van der Waals surface area contributed by atoms with Crippen molar-refractivity contribution in [2.75, 3.05) is 18.5 Å². The molecule has 0 saturated heterocycles. The molecule has 2 aromatic carbocycles. The first kappa shape index (κ1) is 19.9. The number of carbonyl (C=O) groups excluding carboxylic acids is 2. The molecule has 30 heavy (non-hydrogen) atoms. The zero-order valence-corrected chi connectivity index (χ0v) is 16.9. The van der Waals surface area contributed by atoms with E-state index in [1.54, 1.807) is 30.5 Å². The maximum absolute atomic E-state index is 12.3. The van der Waals surface area contributed by atoms with E-state index >= 15 is 0 Å². The lowest BCUT2D eigenvalue weighted by atomic mass is 10.2. The molecule has 0 radical (unpaired) electrons. The van der Waals surface area contributed by atoms with Gasteiger partial charge in [0.2, 0.25) is 5.91 Å². The van der Waals surface area contributed by atoms with Crippen LogP contribution in [0.1, 0.15) is 30.1 Å². The van der Waals surface area contributed by atoms with Crippen molar-refractivity contribution in [3.8, 4) is 5.75 Å². The topological polar surface area (TPSA) is 80.3 Å². The average molecular weight is 403 g/mol. The van der Waals surface area contributed by atoms with Gasteiger partial charge in [-0.05, 0) is 55.2 Å². The van der Waals surface area contributed by atoms with Crippen molar-refractivity contribution in [3.05, 3.63) is 66.4 Å². The maximum atomic E-state index is 12.3. The molecule has 1 aromatic heterocycles. The molecule has 1 aliphatic rings. The molecular formula is C24H25N3O3. The highest BCUT2D eigenvalue weighted by Gasteiger charge is 2.39. The van der Waals surface area contributed by atoms with Gasteiger partial charge in [0, 0.05) is 35.3 Å². The predicted octanol–water partition coefficient (Wildman–Crippen LogP) is 4.03. The summed E-state index contributed by atoms with van der Waals surface area (Å²) in [6, 6.07) is 16.7. The van der Waals surface area contributed by atoms with Gasteiger partial charge in [0.15, 0.2) is 0 Å². The Morgan fingerprint density at radius 2 is 1.87 bits per heavy atom. The molecule has 1 aliphatic carbocycles. The van der Waals surface area contributed by atoms with Gasteiger partial charge in [0.1, 0.15) is 11.3 Å². The molecule has 2 amide bonds. The van der Waals surface area contributed by atoms with Gasteiger partial charge in [0.05, 0.1) is 6.61 Å². The van der Waals surface area contributed by atoms with Crippen molar-refractivity contribution in [3.63, 3.8) is 0 Å². The van der Waals surface area contributed by atoms with E-state index in [2.05, 4.69) is 22.5 Å². The number of amides is 2.